The Morgan fingerprint density at radius 2 is 0.965 bits per heavy atom. The monoisotopic (exact) mass is 747 g/mol. The lowest BCUT2D eigenvalue weighted by Crippen LogP contribution is -2.28. The fraction of sp³-hybridized carbons (Fsp3) is 0.0182. The molecule has 0 aliphatic heterocycles. The summed E-state index contributed by atoms with van der Waals surface area (Å²) in [5.74, 6) is 0. The lowest BCUT2D eigenvalue weighted by molar-refractivity contribution is 0.670. The molecule has 0 bridgehead atoms. The van der Waals surface area contributed by atoms with Gasteiger partial charge in [-0.2, -0.15) is 0 Å². The zero-order valence-corrected chi connectivity index (χ0v) is 29.7. The third-order valence-electron chi connectivity index (χ3n) is 10.4. The maximum atomic E-state index is 9.84. The van der Waals surface area contributed by atoms with Crippen molar-refractivity contribution in [3.05, 3.63) is 246 Å². The van der Waals surface area contributed by atoms with Gasteiger partial charge in [0, 0.05) is 22.2 Å². The van der Waals surface area contributed by atoms with Gasteiger partial charge >= 0.3 is 0 Å². The normalized spacial score (nSPS) is 17.6. The summed E-state index contributed by atoms with van der Waals surface area (Å²) in [4.78, 5) is 1.10. The highest BCUT2D eigenvalue weighted by molar-refractivity contribution is 6.16. The van der Waals surface area contributed by atoms with Crippen LogP contribution in [0, 0.1) is 0 Å². The van der Waals surface area contributed by atoms with Gasteiger partial charge in [-0.25, -0.2) is 0 Å². The van der Waals surface area contributed by atoms with E-state index in [0.717, 1.165) is 32.7 Å². The van der Waals surface area contributed by atoms with Gasteiger partial charge in [0.25, 0.3) is 0 Å². The molecule has 10 aromatic rings. The summed E-state index contributed by atoms with van der Waals surface area (Å²) < 4.78 is 187. The van der Waals surface area contributed by atoms with Crippen molar-refractivity contribution >= 4 is 39.0 Å². The van der Waals surface area contributed by atoms with Gasteiger partial charge in [0.1, 0.15) is 11.2 Å². The Balaban J connectivity index is 1.33. The van der Waals surface area contributed by atoms with Gasteiger partial charge in [-0.3, -0.25) is 0 Å². The number of fused-ring (bicyclic) bond motifs is 6. The van der Waals surface area contributed by atoms with Crippen molar-refractivity contribution in [1.29, 1.82) is 0 Å². The molecule has 0 N–H and O–H groups in total. The van der Waals surface area contributed by atoms with Crippen LogP contribution in [0.2, 0.25) is 0 Å². The number of nitrogens with zero attached hydrogens (tertiary/aromatic N) is 1. The summed E-state index contributed by atoms with van der Waals surface area (Å²) in [6.07, 6.45) is 0. The van der Waals surface area contributed by atoms with Gasteiger partial charge in [0.05, 0.1) is 49.6 Å². The summed E-state index contributed by atoms with van der Waals surface area (Å²) in [6.45, 7) is 0. The topological polar surface area (TPSA) is 16.4 Å². The van der Waals surface area contributed by atoms with Crippen LogP contribution in [-0.2, 0) is 5.41 Å². The van der Waals surface area contributed by atoms with Crippen molar-refractivity contribution < 1.29 is 31.8 Å². The first-order chi connectivity index (χ1) is 36.6. The van der Waals surface area contributed by atoms with Crippen molar-refractivity contribution in [2.45, 2.75) is 5.41 Å². The zero-order chi connectivity index (χ0) is 55.2. The molecule has 0 atom stereocenters. The van der Waals surface area contributed by atoms with Gasteiger partial charge in [0.15, 0.2) is 0 Å². The van der Waals surface area contributed by atoms with Gasteiger partial charge in [-0.1, -0.05) is 194 Å². The Labute approximate surface area is 360 Å². The van der Waals surface area contributed by atoms with Crippen LogP contribution in [0.1, 0.15) is 49.7 Å². The second-order valence-corrected chi connectivity index (χ2v) is 13.3. The fourth-order valence-electron chi connectivity index (χ4n) is 8.15. The highest BCUT2D eigenvalue weighted by Crippen LogP contribution is 2.56. The predicted molar refractivity (Wildman–Crippen MR) is 237 cm³/mol. The number of benzene rings is 9. The van der Waals surface area contributed by atoms with E-state index in [1.54, 1.807) is 24.3 Å². The first kappa shape index (κ1) is 18.5. The summed E-state index contributed by atoms with van der Waals surface area (Å²) in [5.41, 5.74) is -0.380. The van der Waals surface area contributed by atoms with Crippen LogP contribution in [-0.4, -0.2) is 0 Å². The van der Waals surface area contributed by atoms with Crippen LogP contribution >= 0.6 is 0 Å². The van der Waals surface area contributed by atoms with E-state index in [4.69, 9.17) is 23.6 Å². The number of furan rings is 1. The molecule has 9 aromatic carbocycles. The second-order valence-electron chi connectivity index (χ2n) is 13.3. The summed E-state index contributed by atoms with van der Waals surface area (Å²) >= 11 is 0. The molecule has 1 heterocycles. The molecule has 11 rings (SSSR count). The molecular formula is C55H37NO. The average molecular weight is 748 g/mol. The van der Waals surface area contributed by atoms with Gasteiger partial charge in [0.2, 0.25) is 0 Å². The van der Waals surface area contributed by atoms with Gasteiger partial charge < -0.3 is 9.32 Å². The lowest BCUT2D eigenvalue weighted by atomic mass is 9.68. The van der Waals surface area contributed by atoms with Crippen molar-refractivity contribution in [2.24, 2.45) is 0 Å². The van der Waals surface area contributed by atoms with E-state index in [1.165, 1.54) is 0 Å². The molecule has 0 saturated carbocycles. The van der Waals surface area contributed by atoms with E-state index in [2.05, 4.69) is 0 Å². The second kappa shape index (κ2) is 13.4. The Kier molecular flexibility index (Phi) is 4.34. The first-order valence-electron chi connectivity index (χ1n) is 28.0. The minimum absolute atomic E-state index is 0.0305. The highest BCUT2D eigenvalue weighted by Gasteiger charge is 2.45. The van der Waals surface area contributed by atoms with E-state index in [0.29, 0.717) is 5.56 Å². The smallest absolute Gasteiger partial charge is 0.143 e. The molecule has 0 fully saturated rings. The van der Waals surface area contributed by atoms with E-state index in [-0.39, 0.29) is 5.69 Å². The maximum absolute atomic E-state index is 9.84. The molecule has 0 saturated heterocycles. The summed E-state index contributed by atoms with van der Waals surface area (Å²) in [5, 5.41) is -0.866. The molecule has 0 radical (unpaired) electrons. The van der Waals surface area contributed by atoms with Crippen molar-refractivity contribution in [3.8, 4) is 33.4 Å². The van der Waals surface area contributed by atoms with E-state index in [9.17, 15) is 8.22 Å². The highest BCUT2D eigenvalue weighted by atomic mass is 16.3. The van der Waals surface area contributed by atoms with Crippen LogP contribution in [0.5, 0.6) is 0 Å². The number of hydrogen-bond acceptors (Lipinski definition) is 2. The number of hydrogen-bond donors (Lipinski definition) is 0. The number of anilines is 3. The molecule has 0 amide bonds. The Morgan fingerprint density at radius 1 is 0.421 bits per heavy atom. The molecule has 0 spiro atoms. The standard InChI is InChI=1S/C55H37NO/c1-4-18-38(19-5-1)43-24-12-15-31-50(43)56(51-32-17-33-52-53(51)47-28-16-27-44(54(47)57-52)39-20-6-2-7-21-39)42-36-34-41(35-37-42)55(40-22-8-3-9-23-40)48-29-13-10-25-45(48)46-26-11-14-30-49(46)55/h1-37H/i1D,2D,4D,5D,6D,7D,12D,15D,16D,17D,18D,19D,20D,21D,24D,27D,28D,31D,32D,33D. The van der Waals surface area contributed by atoms with Gasteiger partial charge in [-0.15, -0.1) is 0 Å². The zero-order valence-electron chi connectivity index (χ0n) is 49.7. The largest absolute Gasteiger partial charge is 0.455 e. The molecule has 1 aliphatic carbocycles. The quantitative estimate of drug-likeness (QED) is 0.161. The third-order valence-corrected chi connectivity index (χ3v) is 10.4. The molecule has 2 heteroatoms. The Hall–Kier alpha value is -7.42. The summed E-state index contributed by atoms with van der Waals surface area (Å²) in [6, 6.07) is 15.7. The van der Waals surface area contributed by atoms with Gasteiger partial charge in [-0.05, 0) is 74.8 Å². The van der Waals surface area contributed by atoms with Crippen LogP contribution < -0.4 is 4.90 Å². The lowest BCUT2D eigenvalue weighted by Gasteiger charge is -2.34. The molecule has 2 nitrogen and oxygen atoms in total. The maximum Gasteiger partial charge on any atom is 0.143 e. The summed E-state index contributed by atoms with van der Waals surface area (Å²) in [7, 11) is 0. The molecule has 57 heavy (non-hydrogen) atoms. The Bertz CT molecular complexity index is 4130. The molecular weight excluding hydrogens is 691 g/mol. The van der Waals surface area contributed by atoms with E-state index in [1.807, 2.05) is 78.9 Å². The fourth-order valence-corrected chi connectivity index (χ4v) is 8.15. The van der Waals surface area contributed by atoms with Crippen LogP contribution in [0.3, 0.4) is 0 Å². The van der Waals surface area contributed by atoms with Crippen molar-refractivity contribution in [2.75, 3.05) is 4.90 Å². The van der Waals surface area contributed by atoms with Crippen LogP contribution in [0.15, 0.2) is 228 Å². The first-order valence-corrected chi connectivity index (χ1v) is 18.0. The molecule has 1 aliphatic rings. The molecule has 268 valence electrons. The average Bonchev–Trinajstić information content (AvgIpc) is 3.98. The van der Waals surface area contributed by atoms with E-state index < -0.39 is 182 Å². The SMILES string of the molecule is [2H]c1c([2H])c([2H])c(-c2c([2H])c([2H])c([2H])c([2H])c2N(c2ccc(C3(c4ccccc4)c4ccccc4-c4ccccc43)cc2)c2c([2H])c([2H])c([2H])c3oc4c(-c5c([2H])c([2H])c([2H])c([2H])c5[2H])c([2H])c([2H])c([2H])c4c23)c([2H])c1[2H]. The minimum Gasteiger partial charge on any atom is -0.455 e. The Morgan fingerprint density at radius 3 is 1.67 bits per heavy atom. The number of para-hydroxylation sites is 2. The number of rotatable bonds is 7. The van der Waals surface area contributed by atoms with Crippen LogP contribution in [0.25, 0.3) is 55.3 Å². The van der Waals surface area contributed by atoms with Crippen molar-refractivity contribution in [1.82, 2.24) is 0 Å². The van der Waals surface area contributed by atoms with E-state index >= 15 is 0 Å². The predicted octanol–water partition coefficient (Wildman–Crippen LogP) is 14.8. The van der Waals surface area contributed by atoms with Crippen LogP contribution in [0.4, 0.5) is 17.1 Å². The molecule has 1 aromatic heterocycles. The molecule has 0 unspecified atom stereocenters. The third kappa shape index (κ3) is 5.11. The minimum atomic E-state index is -0.985. The van der Waals surface area contributed by atoms with Crippen molar-refractivity contribution in [3.63, 3.8) is 0 Å².